The Labute approximate surface area is 106 Å². The first-order valence-corrected chi connectivity index (χ1v) is 5.52. The van der Waals surface area contributed by atoms with E-state index in [2.05, 4.69) is 9.97 Å². The van der Waals surface area contributed by atoms with Gasteiger partial charge in [0.2, 0.25) is 0 Å². The van der Waals surface area contributed by atoms with Gasteiger partial charge < -0.3 is 15.2 Å². The monoisotopic (exact) mass is 245 g/mol. The maximum atomic E-state index is 5.57. The molecule has 1 aromatic heterocycles. The molecular weight excluding hydrogens is 230 g/mol. The lowest BCUT2D eigenvalue weighted by Gasteiger charge is -2.10. The van der Waals surface area contributed by atoms with E-state index in [1.165, 1.54) is 6.33 Å². The molecule has 0 spiro atoms. The van der Waals surface area contributed by atoms with Gasteiger partial charge in [-0.3, -0.25) is 0 Å². The summed E-state index contributed by atoms with van der Waals surface area (Å²) in [5.74, 6) is 1.44. The minimum Gasteiger partial charge on any atom is -0.497 e. The van der Waals surface area contributed by atoms with Gasteiger partial charge in [0.1, 0.15) is 17.8 Å². The third kappa shape index (κ3) is 2.41. The number of ether oxygens (including phenoxy) is 2. The van der Waals surface area contributed by atoms with Gasteiger partial charge in [-0.05, 0) is 18.2 Å². The van der Waals surface area contributed by atoms with Crippen LogP contribution < -0.4 is 15.2 Å². The Morgan fingerprint density at radius 3 is 2.61 bits per heavy atom. The number of rotatable bonds is 4. The summed E-state index contributed by atoms with van der Waals surface area (Å²) in [5, 5.41) is 0. The Bertz CT molecular complexity index is 544. The molecule has 18 heavy (non-hydrogen) atoms. The van der Waals surface area contributed by atoms with Gasteiger partial charge in [0.25, 0.3) is 0 Å². The third-order valence-corrected chi connectivity index (χ3v) is 2.62. The van der Waals surface area contributed by atoms with E-state index in [9.17, 15) is 0 Å². The number of hydrogen-bond acceptors (Lipinski definition) is 5. The lowest BCUT2D eigenvalue weighted by atomic mass is 10.1. The molecule has 5 heteroatoms. The summed E-state index contributed by atoms with van der Waals surface area (Å²) in [4.78, 5) is 8.31. The number of aromatic nitrogens is 2. The van der Waals surface area contributed by atoms with E-state index >= 15 is 0 Å². The lowest BCUT2D eigenvalue weighted by molar-refractivity contribution is 0.395. The average Bonchev–Trinajstić information content (AvgIpc) is 2.46. The van der Waals surface area contributed by atoms with Crippen LogP contribution in [0.2, 0.25) is 0 Å². The maximum Gasteiger partial charge on any atom is 0.131 e. The first-order valence-electron chi connectivity index (χ1n) is 5.52. The van der Waals surface area contributed by atoms with Crippen molar-refractivity contribution in [3.63, 3.8) is 0 Å². The Morgan fingerprint density at radius 2 is 1.94 bits per heavy atom. The highest BCUT2D eigenvalue weighted by Gasteiger charge is 2.09. The lowest BCUT2D eigenvalue weighted by Crippen LogP contribution is -2.01. The van der Waals surface area contributed by atoms with Crippen molar-refractivity contribution in [1.82, 2.24) is 9.97 Å². The number of nitrogens with zero attached hydrogens (tertiary/aromatic N) is 2. The van der Waals surface area contributed by atoms with Gasteiger partial charge in [-0.25, -0.2) is 9.97 Å². The Balaban J connectivity index is 2.48. The highest BCUT2D eigenvalue weighted by atomic mass is 16.5. The predicted molar refractivity (Wildman–Crippen MR) is 68.5 cm³/mol. The van der Waals surface area contributed by atoms with E-state index in [0.29, 0.717) is 12.3 Å². The van der Waals surface area contributed by atoms with Crippen LogP contribution in [0, 0.1) is 0 Å². The molecule has 0 amide bonds. The molecule has 0 aliphatic carbocycles. The van der Waals surface area contributed by atoms with Crippen LogP contribution in [0.25, 0.3) is 11.3 Å². The predicted octanol–water partition coefficient (Wildman–Crippen LogP) is 1.62. The summed E-state index contributed by atoms with van der Waals surface area (Å²) >= 11 is 0. The van der Waals surface area contributed by atoms with Gasteiger partial charge >= 0.3 is 0 Å². The Kier molecular flexibility index (Phi) is 3.74. The van der Waals surface area contributed by atoms with E-state index in [-0.39, 0.29) is 0 Å². The van der Waals surface area contributed by atoms with Crippen LogP contribution in [0.1, 0.15) is 5.69 Å². The van der Waals surface area contributed by atoms with Crippen LogP contribution in [0.3, 0.4) is 0 Å². The molecule has 94 valence electrons. The fourth-order valence-corrected chi connectivity index (χ4v) is 1.67. The molecule has 1 heterocycles. The van der Waals surface area contributed by atoms with Crippen LogP contribution in [0.15, 0.2) is 30.6 Å². The smallest absolute Gasteiger partial charge is 0.131 e. The van der Waals surface area contributed by atoms with E-state index in [1.807, 2.05) is 24.3 Å². The molecule has 5 nitrogen and oxygen atoms in total. The zero-order valence-corrected chi connectivity index (χ0v) is 10.4. The average molecular weight is 245 g/mol. The van der Waals surface area contributed by atoms with Gasteiger partial charge in [0.05, 0.1) is 25.6 Å². The molecule has 1 aromatic carbocycles. The van der Waals surface area contributed by atoms with Crippen LogP contribution in [0.4, 0.5) is 0 Å². The highest BCUT2D eigenvalue weighted by Crippen LogP contribution is 2.32. The van der Waals surface area contributed by atoms with Crippen molar-refractivity contribution in [2.75, 3.05) is 14.2 Å². The van der Waals surface area contributed by atoms with Crippen LogP contribution in [0.5, 0.6) is 11.5 Å². The van der Waals surface area contributed by atoms with Gasteiger partial charge in [0.15, 0.2) is 0 Å². The number of nitrogens with two attached hydrogens (primary N) is 1. The standard InChI is InChI=1S/C13H15N3O2/c1-17-10-3-4-11(13(6-10)18-2)12-5-9(7-14)15-8-16-12/h3-6,8H,7,14H2,1-2H3. The van der Waals surface area contributed by atoms with E-state index in [4.69, 9.17) is 15.2 Å². The first-order chi connectivity index (χ1) is 8.78. The second kappa shape index (κ2) is 5.46. The van der Waals surface area contributed by atoms with Gasteiger partial charge in [-0.1, -0.05) is 0 Å². The van der Waals surface area contributed by atoms with E-state index in [0.717, 1.165) is 22.7 Å². The summed E-state index contributed by atoms with van der Waals surface area (Å²) < 4.78 is 10.5. The number of hydrogen-bond donors (Lipinski definition) is 1. The van der Waals surface area contributed by atoms with Crippen molar-refractivity contribution in [2.24, 2.45) is 5.73 Å². The minimum atomic E-state index is 0.383. The topological polar surface area (TPSA) is 70.3 Å². The minimum absolute atomic E-state index is 0.383. The van der Waals surface area contributed by atoms with Gasteiger partial charge in [0, 0.05) is 18.2 Å². The SMILES string of the molecule is COc1ccc(-c2cc(CN)ncn2)c(OC)c1. The molecule has 0 aliphatic rings. The molecule has 0 radical (unpaired) electrons. The normalized spacial score (nSPS) is 10.2. The highest BCUT2D eigenvalue weighted by molar-refractivity contribution is 5.68. The van der Waals surface area contributed by atoms with Crippen molar-refractivity contribution >= 4 is 0 Å². The summed E-state index contributed by atoms with van der Waals surface area (Å²) in [6, 6.07) is 7.44. The zero-order chi connectivity index (χ0) is 13.0. The van der Waals surface area contributed by atoms with Crippen molar-refractivity contribution in [3.8, 4) is 22.8 Å². The van der Waals surface area contributed by atoms with E-state index < -0.39 is 0 Å². The molecule has 0 fully saturated rings. The fraction of sp³-hybridized carbons (Fsp3) is 0.231. The quantitative estimate of drug-likeness (QED) is 0.886. The van der Waals surface area contributed by atoms with Crippen LogP contribution in [-0.4, -0.2) is 24.2 Å². The second-order valence-corrected chi connectivity index (χ2v) is 3.66. The van der Waals surface area contributed by atoms with Crippen molar-refractivity contribution in [3.05, 3.63) is 36.3 Å². The van der Waals surface area contributed by atoms with Crippen LogP contribution in [-0.2, 0) is 6.54 Å². The van der Waals surface area contributed by atoms with Crippen LogP contribution >= 0.6 is 0 Å². The molecule has 2 rings (SSSR count). The van der Waals surface area contributed by atoms with E-state index in [1.54, 1.807) is 14.2 Å². The molecule has 0 saturated carbocycles. The molecule has 0 aliphatic heterocycles. The largest absolute Gasteiger partial charge is 0.497 e. The molecule has 0 bridgehead atoms. The van der Waals surface area contributed by atoms with Gasteiger partial charge in [-0.15, -0.1) is 0 Å². The molecular formula is C13H15N3O2. The number of methoxy groups -OCH3 is 2. The molecule has 2 aromatic rings. The Hall–Kier alpha value is -2.14. The second-order valence-electron chi connectivity index (χ2n) is 3.66. The molecule has 0 saturated heterocycles. The zero-order valence-electron chi connectivity index (χ0n) is 10.4. The fourth-order valence-electron chi connectivity index (χ4n) is 1.67. The summed E-state index contributed by atoms with van der Waals surface area (Å²) in [6.07, 6.45) is 1.50. The van der Waals surface area contributed by atoms with Crippen molar-refractivity contribution in [1.29, 1.82) is 0 Å². The van der Waals surface area contributed by atoms with Crippen molar-refractivity contribution in [2.45, 2.75) is 6.54 Å². The summed E-state index contributed by atoms with van der Waals surface area (Å²) in [5.41, 5.74) is 8.03. The third-order valence-electron chi connectivity index (χ3n) is 2.62. The summed E-state index contributed by atoms with van der Waals surface area (Å²) in [6.45, 7) is 0.383. The first kappa shape index (κ1) is 12.3. The molecule has 0 unspecified atom stereocenters. The molecule has 0 atom stereocenters. The number of benzene rings is 1. The summed E-state index contributed by atoms with van der Waals surface area (Å²) in [7, 11) is 3.23. The molecule has 2 N–H and O–H groups in total. The Morgan fingerprint density at radius 1 is 1.11 bits per heavy atom. The maximum absolute atomic E-state index is 5.57. The van der Waals surface area contributed by atoms with Gasteiger partial charge in [-0.2, -0.15) is 0 Å². The van der Waals surface area contributed by atoms with Crippen molar-refractivity contribution < 1.29 is 9.47 Å².